The molecule has 4 nitrogen and oxygen atoms in total. The van der Waals surface area contributed by atoms with Crippen molar-refractivity contribution in [3.63, 3.8) is 0 Å². The lowest BCUT2D eigenvalue weighted by atomic mass is 10.1. The molecule has 3 rings (SSSR count). The molecular weight excluding hydrogens is 312 g/mol. The number of carbonyl (C=O) groups is 1. The van der Waals surface area contributed by atoms with Crippen molar-refractivity contribution in [2.45, 2.75) is 25.3 Å². The maximum atomic E-state index is 12.2. The molecule has 0 bridgehead atoms. The van der Waals surface area contributed by atoms with E-state index in [0.29, 0.717) is 11.6 Å². The molecule has 0 spiro atoms. The molecule has 0 radical (unpaired) electrons. The predicted octanol–water partition coefficient (Wildman–Crippen LogP) is 4.55. The second kappa shape index (κ2) is 6.50. The second-order valence-electron chi connectivity index (χ2n) is 5.63. The van der Waals surface area contributed by atoms with E-state index in [1.165, 1.54) is 0 Å². The zero-order valence-electron chi connectivity index (χ0n) is 12.9. The van der Waals surface area contributed by atoms with E-state index in [0.717, 1.165) is 29.8 Å². The van der Waals surface area contributed by atoms with Gasteiger partial charge in [-0.2, -0.15) is 0 Å². The van der Waals surface area contributed by atoms with E-state index in [4.69, 9.17) is 16.3 Å². The molecule has 2 aromatic carbocycles. The Morgan fingerprint density at radius 1 is 1.13 bits per heavy atom. The highest BCUT2D eigenvalue weighted by molar-refractivity contribution is 6.30. The van der Waals surface area contributed by atoms with Crippen LogP contribution in [0.1, 0.15) is 25.3 Å². The van der Waals surface area contributed by atoms with Crippen LogP contribution in [0.2, 0.25) is 5.02 Å². The van der Waals surface area contributed by atoms with Crippen LogP contribution in [0.25, 0.3) is 0 Å². The minimum absolute atomic E-state index is 0.207. The van der Waals surface area contributed by atoms with Crippen molar-refractivity contribution < 1.29 is 9.53 Å². The highest BCUT2D eigenvalue weighted by Crippen LogP contribution is 2.45. The van der Waals surface area contributed by atoms with E-state index in [1.807, 2.05) is 55.5 Å². The fourth-order valence-corrected chi connectivity index (χ4v) is 2.69. The SMILES string of the molecule is CCOc1ccc(NC(=O)NC2(c3ccc(Cl)cc3)CC2)cc1. The van der Waals surface area contributed by atoms with Crippen LogP contribution in [0.5, 0.6) is 5.75 Å². The van der Waals surface area contributed by atoms with Crippen LogP contribution >= 0.6 is 11.6 Å². The van der Waals surface area contributed by atoms with Crippen LogP contribution in [0, 0.1) is 0 Å². The number of urea groups is 1. The predicted molar refractivity (Wildman–Crippen MR) is 92.1 cm³/mol. The van der Waals surface area contributed by atoms with E-state index in [9.17, 15) is 4.79 Å². The summed E-state index contributed by atoms with van der Waals surface area (Å²) >= 11 is 5.92. The number of rotatable bonds is 5. The van der Waals surface area contributed by atoms with Gasteiger partial charge in [-0.05, 0) is 61.7 Å². The van der Waals surface area contributed by atoms with Gasteiger partial charge in [-0.1, -0.05) is 23.7 Å². The highest BCUT2D eigenvalue weighted by atomic mass is 35.5. The fourth-order valence-electron chi connectivity index (χ4n) is 2.56. The Labute approximate surface area is 140 Å². The van der Waals surface area contributed by atoms with E-state index < -0.39 is 0 Å². The third-order valence-electron chi connectivity index (χ3n) is 3.92. The lowest BCUT2D eigenvalue weighted by Crippen LogP contribution is -2.38. The van der Waals surface area contributed by atoms with Gasteiger partial charge in [-0.25, -0.2) is 4.79 Å². The molecule has 0 unspecified atom stereocenters. The molecule has 0 heterocycles. The average molecular weight is 331 g/mol. The van der Waals surface area contributed by atoms with Crippen LogP contribution in [0.15, 0.2) is 48.5 Å². The monoisotopic (exact) mass is 330 g/mol. The van der Waals surface area contributed by atoms with Gasteiger partial charge in [0.1, 0.15) is 5.75 Å². The summed E-state index contributed by atoms with van der Waals surface area (Å²) in [6.45, 7) is 2.56. The van der Waals surface area contributed by atoms with E-state index in [-0.39, 0.29) is 11.6 Å². The van der Waals surface area contributed by atoms with Crippen molar-refractivity contribution in [3.8, 4) is 5.75 Å². The number of nitrogens with one attached hydrogen (secondary N) is 2. The van der Waals surface area contributed by atoms with Gasteiger partial charge in [-0.15, -0.1) is 0 Å². The smallest absolute Gasteiger partial charge is 0.319 e. The third-order valence-corrected chi connectivity index (χ3v) is 4.17. The van der Waals surface area contributed by atoms with Gasteiger partial charge in [0.05, 0.1) is 12.1 Å². The lowest BCUT2D eigenvalue weighted by molar-refractivity contribution is 0.247. The Hall–Kier alpha value is -2.20. The number of hydrogen-bond donors (Lipinski definition) is 2. The fraction of sp³-hybridized carbons (Fsp3) is 0.278. The van der Waals surface area contributed by atoms with Crippen molar-refractivity contribution in [3.05, 3.63) is 59.1 Å². The molecule has 1 saturated carbocycles. The van der Waals surface area contributed by atoms with Gasteiger partial charge in [0, 0.05) is 10.7 Å². The first kappa shape index (κ1) is 15.7. The minimum atomic E-state index is -0.264. The van der Waals surface area contributed by atoms with Gasteiger partial charge in [0.2, 0.25) is 0 Å². The summed E-state index contributed by atoms with van der Waals surface area (Å²) in [5.74, 6) is 0.790. The van der Waals surface area contributed by atoms with Crippen LogP contribution in [0.3, 0.4) is 0 Å². The Balaban J connectivity index is 1.61. The summed E-state index contributed by atoms with van der Waals surface area (Å²) < 4.78 is 5.38. The lowest BCUT2D eigenvalue weighted by Gasteiger charge is -2.18. The summed E-state index contributed by atoms with van der Waals surface area (Å²) in [4.78, 5) is 12.2. The van der Waals surface area contributed by atoms with Gasteiger partial charge in [0.15, 0.2) is 0 Å². The Morgan fingerprint density at radius 2 is 1.78 bits per heavy atom. The number of anilines is 1. The number of ether oxygens (including phenoxy) is 1. The Bertz CT molecular complexity index is 679. The topological polar surface area (TPSA) is 50.4 Å². The van der Waals surface area contributed by atoms with Crippen LogP contribution < -0.4 is 15.4 Å². The van der Waals surface area contributed by atoms with Gasteiger partial charge >= 0.3 is 6.03 Å². The molecule has 1 aliphatic rings. The number of halogens is 1. The molecule has 0 saturated heterocycles. The Kier molecular flexibility index (Phi) is 4.44. The van der Waals surface area contributed by atoms with Crippen molar-refractivity contribution in [1.82, 2.24) is 5.32 Å². The summed E-state index contributed by atoms with van der Waals surface area (Å²) in [5.41, 5.74) is 1.56. The van der Waals surface area contributed by atoms with Crippen molar-refractivity contribution in [2.24, 2.45) is 0 Å². The number of hydrogen-bond acceptors (Lipinski definition) is 2. The molecule has 5 heteroatoms. The molecule has 2 N–H and O–H groups in total. The zero-order valence-corrected chi connectivity index (χ0v) is 13.7. The quantitative estimate of drug-likeness (QED) is 0.845. The first-order valence-electron chi connectivity index (χ1n) is 7.69. The van der Waals surface area contributed by atoms with Gasteiger partial charge in [0.25, 0.3) is 0 Å². The molecule has 1 fully saturated rings. The molecule has 0 aromatic heterocycles. The van der Waals surface area contributed by atoms with Crippen LogP contribution in [-0.2, 0) is 5.54 Å². The minimum Gasteiger partial charge on any atom is -0.494 e. The summed E-state index contributed by atoms with van der Waals surface area (Å²) in [6, 6.07) is 14.8. The second-order valence-corrected chi connectivity index (χ2v) is 6.06. The highest BCUT2D eigenvalue weighted by Gasteiger charge is 2.45. The van der Waals surface area contributed by atoms with Crippen molar-refractivity contribution in [2.75, 3.05) is 11.9 Å². The third kappa shape index (κ3) is 3.77. The van der Waals surface area contributed by atoms with Crippen LogP contribution in [-0.4, -0.2) is 12.6 Å². The number of benzene rings is 2. The molecule has 2 aromatic rings. The molecular formula is C18H19ClN2O2. The molecule has 2 amide bonds. The first-order chi connectivity index (χ1) is 11.1. The van der Waals surface area contributed by atoms with Gasteiger partial charge in [-0.3, -0.25) is 0 Å². The van der Waals surface area contributed by atoms with Crippen molar-refractivity contribution >= 4 is 23.3 Å². The average Bonchev–Trinajstić information content (AvgIpc) is 3.30. The van der Waals surface area contributed by atoms with Gasteiger partial charge < -0.3 is 15.4 Å². The van der Waals surface area contributed by atoms with E-state index in [2.05, 4.69) is 10.6 Å². The maximum absolute atomic E-state index is 12.2. The molecule has 0 atom stereocenters. The summed E-state index contributed by atoms with van der Waals surface area (Å²) in [6.07, 6.45) is 1.87. The molecule has 23 heavy (non-hydrogen) atoms. The van der Waals surface area contributed by atoms with Crippen LogP contribution in [0.4, 0.5) is 10.5 Å². The molecule has 120 valence electrons. The number of amides is 2. The molecule has 0 aliphatic heterocycles. The Morgan fingerprint density at radius 3 is 2.35 bits per heavy atom. The first-order valence-corrected chi connectivity index (χ1v) is 8.07. The zero-order chi connectivity index (χ0) is 16.3. The summed E-state index contributed by atoms with van der Waals surface area (Å²) in [7, 11) is 0. The van der Waals surface area contributed by atoms with Crippen molar-refractivity contribution in [1.29, 1.82) is 0 Å². The van der Waals surface area contributed by atoms with E-state index >= 15 is 0 Å². The standard InChI is InChI=1S/C18H19ClN2O2/c1-2-23-16-9-7-15(8-10-16)20-17(22)21-18(11-12-18)13-3-5-14(19)6-4-13/h3-10H,2,11-12H2,1H3,(H2,20,21,22). The molecule has 1 aliphatic carbocycles. The normalized spacial score (nSPS) is 14.9. The summed E-state index contributed by atoms with van der Waals surface area (Å²) in [5, 5.41) is 6.62. The number of carbonyl (C=O) groups excluding carboxylic acids is 1. The largest absolute Gasteiger partial charge is 0.494 e. The van der Waals surface area contributed by atoms with E-state index in [1.54, 1.807) is 0 Å². The maximum Gasteiger partial charge on any atom is 0.319 e.